The summed E-state index contributed by atoms with van der Waals surface area (Å²) in [5, 5.41) is 47.2. The van der Waals surface area contributed by atoms with E-state index in [9.17, 15) is 24.3 Å². The first-order valence-corrected chi connectivity index (χ1v) is 21.0. The number of aliphatic carboxylic acids is 2. The number of aliphatic hydroxyl groups excluding tert-OH is 1. The van der Waals surface area contributed by atoms with Crippen molar-refractivity contribution in [2.24, 2.45) is 0 Å². The summed E-state index contributed by atoms with van der Waals surface area (Å²) in [5.74, 6) is -0.962. The van der Waals surface area contributed by atoms with E-state index in [-0.39, 0.29) is 95.6 Å². The standard InChI is InChI=1S/C18H35N3O4.C17H25N3O5.C7H8O2.C2H6O.B.Na.H/c1-17(2,3)24-15(22)13-20-9-7-19-8-10-21(12-11-20)14-16(23)25-18(4,5)6;21-15-3-1-14(2-4-15)11-18-5-7-19(12-16(22)23)9-10-20(8-6-18)13-17(24)25;1-9-7-4-2-6(8)3-5-7;1-2-3;;;/h19H,7-14H2,1-6H3;1-4,21H,5-13H2,(H,22,23)(H,24,25);2-5,8H,1H3;3H,2H2,1H3;;;/q;;;;;+1;-1. The van der Waals surface area contributed by atoms with Crippen molar-refractivity contribution in [1.82, 2.24) is 29.8 Å². The van der Waals surface area contributed by atoms with Crippen molar-refractivity contribution >= 4 is 32.3 Å². The minimum atomic E-state index is -0.880. The largest absolute Gasteiger partial charge is 1.00 e. The van der Waals surface area contributed by atoms with E-state index in [0.29, 0.717) is 58.9 Å². The van der Waals surface area contributed by atoms with Gasteiger partial charge in [0.25, 0.3) is 0 Å². The van der Waals surface area contributed by atoms with Crippen LogP contribution < -0.4 is 39.6 Å². The fourth-order valence-corrected chi connectivity index (χ4v) is 6.02. The van der Waals surface area contributed by atoms with Crippen molar-refractivity contribution in [1.29, 1.82) is 0 Å². The van der Waals surface area contributed by atoms with Gasteiger partial charge in [0.1, 0.15) is 28.5 Å². The minimum Gasteiger partial charge on any atom is -1.00 e. The topological polar surface area (TPSA) is 225 Å². The zero-order valence-electron chi connectivity index (χ0n) is 40.8. The fraction of sp³-hybridized carbons (Fsp3) is 0.636. The molecule has 2 saturated heterocycles. The molecule has 0 amide bonds. The predicted molar refractivity (Wildman–Crippen MR) is 243 cm³/mol. The Morgan fingerprint density at radius 2 is 0.906 bits per heavy atom. The molecule has 0 spiro atoms. The van der Waals surface area contributed by atoms with E-state index in [1.54, 1.807) is 50.4 Å². The van der Waals surface area contributed by atoms with Crippen molar-refractivity contribution in [3.63, 3.8) is 0 Å². The van der Waals surface area contributed by atoms with Gasteiger partial charge >= 0.3 is 53.4 Å². The normalized spacial score (nSPS) is 16.0. The third-order valence-corrected chi connectivity index (χ3v) is 8.82. The number of nitrogens with one attached hydrogen (secondary N) is 1. The number of hydrogen-bond acceptors (Lipinski definition) is 16. The monoisotopic (exact) mass is 914 g/mol. The van der Waals surface area contributed by atoms with Crippen LogP contribution in [0.25, 0.3) is 0 Å². The molecule has 4 rings (SSSR count). The Morgan fingerprint density at radius 1 is 0.594 bits per heavy atom. The average Bonchev–Trinajstić information content (AvgIpc) is 3.32. The summed E-state index contributed by atoms with van der Waals surface area (Å²) < 4.78 is 15.7. The number of methoxy groups -OCH3 is 1. The molecule has 0 bridgehead atoms. The number of aromatic hydroxyl groups is 2. The molecule has 6 N–H and O–H groups in total. The van der Waals surface area contributed by atoms with Gasteiger partial charge in [0.2, 0.25) is 0 Å². The van der Waals surface area contributed by atoms with Crippen LogP contribution in [0.2, 0.25) is 0 Å². The second-order valence-corrected chi connectivity index (χ2v) is 16.8. The maximum atomic E-state index is 12.1. The van der Waals surface area contributed by atoms with Crippen molar-refractivity contribution in [2.75, 3.05) is 118 Å². The molecule has 0 saturated carbocycles. The molecular formula is C44H75BN6NaO12. The van der Waals surface area contributed by atoms with Crippen LogP contribution in [-0.4, -0.2) is 212 Å². The maximum Gasteiger partial charge on any atom is 1.00 e. The molecule has 0 atom stereocenters. The third kappa shape index (κ3) is 33.1. The van der Waals surface area contributed by atoms with Crippen molar-refractivity contribution in [3.05, 3.63) is 54.1 Å². The van der Waals surface area contributed by atoms with Gasteiger partial charge in [-0.2, -0.15) is 0 Å². The summed E-state index contributed by atoms with van der Waals surface area (Å²) in [7, 11) is 1.59. The summed E-state index contributed by atoms with van der Waals surface area (Å²) in [5.41, 5.74) is 0.0988. The van der Waals surface area contributed by atoms with Gasteiger partial charge in [-0.3, -0.25) is 43.7 Å². The fourth-order valence-electron chi connectivity index (χ4n) is 6.02. The number of carboxylic acid groups (broad SMARTS) is 2. The van der Waals surface area contributed by atoms with Crippen molar-refractivity contribution < 1.29 is 89.9 Å². The van der Waals surface area contributed by atoms with Gasteiger partial charge in [-0.1, -0.05) is 12.1 Å². The predicted octanol–water partition coefficient (Wildman–Crippen LogP) is -1.01. The van der Waals surface area contributed by atoms with Crippen LogP contribution in [0.1, 0.15) is 55.5 Å². The molecule has 357 valence electrons. The first-order chi connectivity index (χ1) is 29.1. The van der Waals surface area contributed by atoms with E-state index in [2.05, 4.69) is 20.0 Å². The van der Waals surface area contributed by atoms with Gasteiger partial charge in [-0.05, 0) is 90.4 Å². The Bertz CT molecular complexity index is 1520. The maximum absolute atomic E-state index is 12.1. The van der Waals surface area contributed by atoms with Gasteiger partial charge in [0, 0.05) is 100 Å². The number of aliphatic hydroxyl groups is 1. The van der Waals surface area contributed by atoms with E-state index in [0.717, 1.165) is 37.5 Å². The molecule has 2 aliphatic heterocycles. The number of hydrogen-bond donors (Lipinski definition) is 6. The Morgan fingerprint density at radius 3 is 1.22 bits per heavy atom. The molecule has 2 aromatic rings. The third-order valence-electron chi connectivity index (χ3n) is 8.82. The first kappa shape index (κ1) is 62.6. The quantitative estimate of drug-likeness (QED) is 0.117. The first-order valence-electron chi connectivity index (χ1n) is 21.0. The van der Waals surface area contributed by atoms with Gasteiger partial charge in [-0.15, -0.1) is 0 Å². The molecule has 3 radical (unpaired) electrons. The molecule has 0 aromatic heterocycles. The zero-order valence-corrected chi connectivity index (χ0v) is 41.8. The molecule has 20 heteroatoms. The number of benzene rings is 2. The van der Waals surface area contributed by atoms with Crippen LogP contribution in [0, 0.1) is 0 Å². The summed E-state index contributed by atoms with van der Waals surface area (Å²) in [6, 6.07) is 13.6. The number of esters is 2. The number of carboxylic acids is 2. The second-order valence-electron chi connectivity index (χ2n) is 16.8. The van der Waals surface area contributed by atoms with Crippen LogP contribution >= 0.6 is 0 Å². The molecule has 2 aliphatic rings. The summed E-state index contributed by atoms with van der Waals surface area (Å²) in [6.07, 6.45) is 0. The Labute approximate surface area is 406 Å². The Hall–Kier alpha value is -3.50. The van der Waals surface area contributed by atoms with Crippen molar-refractivity contribution in [2.45, 2.75) is 66.2 Å². The minimum absolute atomic E-state index is 0. The molecule has 2 fully saturated rings. The van der Waals surface area contributed by atoms with Gasteiger partial charge < -0.3 is 46.5 Å². The van der Waals surface area contributed by atoms with E-state index >= 15 is 0 Å². The Kier molecular flexibility index (Phi) is 33.2. The van der Waals surface area contributed by atoms with Gasteiger partial charge in [-0.25, -0.2) is 0 Å². The molecular weight excluding hydrogens is 838 g/mol. The summed E-state index contributed by atoms with van der Waals surface area (Å²) in [4.78, 5) is 56.2. The molecule has 0 unspecified atom stereocenters. The Balaban J connectivity index is -0.000000910. The molecule has 18 nitrogen and oxygen atoms in total. The molecule has 2 aromatic carbocycles. The SMILES string of the molecule is CC(C)(C)OC(=O)CN1CCNCCN(CC(=O)OC(C)(C)C)CC1.CCO.COc1ccc(O)cc1.O=C(O)CN1CCN(CC(=O)O)CCN(Cc2ccc(O)cc2)CC1.[B].[H-].[Na+]. The number of carbonyl (C=O) groups excluding carboxylic acids is 2. The summed E-state index contributed by atoms with van der Waals surface area (Å²) >= 11 is 0. The van der Waals surface area contributed by atoms with Crippen molar-refractivity contribution in [3.8, 4) is 17.2 Å². The molecule has 64 heavy (non-hydrogen) atoms. The van der Waals surface area contributed by atoms with E-state index in [1.165, 1.54) is 0 Å². The van der Waals surface area contributed by atoms with E-state index in [4.69, 9.17) is 34.6 Å². The van der Waals surface area contributed by atoms with Gasteiger partial charge in [0.15, 0.2) is 0 Å². The number of rotatable bonds is 11. The number of nitrogens with zero attached hydrogens (tertiary/aromatic N) is 5. The average molecular weight is 914 g/mol. The molecule has 2 heterocycles. The van der Waals surface area contributed by atoms with E-state index < -0.39 is 23.1 Å². The number of phenolic OH excluding ortho intramolecular Hbond substituents is 2. The van der Waals surface area contributed by atoms with Crippen LogP contribution in [0.3, 0.4) is 0 Å². The number of phenols is 2. The van der Waals surface area contributed by atoms with Crippen LogP contribution in [0.5, 0.6) is 17.2 Å². The number of carbonyl (C=O) groups is 4. The van der Waals surface area contributed by atoms with Crippen LogP contribution in [0.15, 0.2) is 48.5 Å². The smallest absolute Gasteiger partial charge is 1.00 e. The van der Waals surface area contributed by atoms with Crippen LogP contribution in [0.4, 0.5) is 0 Å². The number of ether oxygens (including phenoxy) is 3. The van der Waals surface area contributed by atoms with E-state index in [1.807, 2.05) is 63.5 Å². The summed E-state index contributed by atoms with van der Waals surface area (Å²) in [6.45, 7) is 22.5. The van der Waals surface area contributed by atoms with Crippen LogP contribution in [-0.2, 0) is 35.2 Å². The molecule has 0 aliphatic carbocycles. The second kappa shape index (κ2) is 33.9. The van der Waals surface area contributed by atoms with Gasteiger partial charge in [0.05, 0.1) is 33.3 Å². The zero-order chi connectivity index (χ0) is 46.7.